The Morgan fingerprint density at radius 3 is 2.39 bits per heavy atom. The average Bonchev–Trinajstić information content (AvgIpc) is 3.04. The number of carbonyl (C=O) groups excluding carboxylic acids is 2. The van der Waals surface area contributed by atoms with Crippen LogP contribution in [0.25, 0.3) is 0 Å². The molecule has 31 heavy (non-hydrogen) atoms. The minimum absolute atomic E-state index is 0.0298. The van der Waals surface area contributed by atoms with Crippen molar-refractivity contribution in [2.24, 2.45) is 5.41 Å². The summed E-state index contributed by atoms with van der Waals surface area (Å²) in [6.45, 7) is 0.717. The van der Waals surface area contributed by atoms with Crippen LogP contribution in [-0.2, 0) is 33.3 Å². The molecule has 174 valence electrons. The number of aliphatic hydroxyl groups is 5. The Kier molecular flexibility index (Phi) is 6.72. The van der Waals surface area contributed by atoms with Crippen LogP contribution >= 0.6 is 0 Å². The van der Waals surface area contributed by atoms with Crippen molar-refractivity contribution in [3.05, 3.63) is 23.0 Å². The van der Waals surface area contributed by atoms with Gasteiger partial charge in [0, 0.05) is 12.0 Å². The molecule has 1 aliphatic carbocycles. The fourth-order valence-corrected chi connectivity index (χ4v) is 4.05. The summed E-state index contributed by atoms with van der Waals surface area (Å²) in [7, 11) is 2.29. The predicted octanol–water partition coefficient (Wildman–Crippen LogP) is -2.54. The lowest BCUT2D eigenvalue weighted by Crippen LogP contribution is -2.60. The fourth-order valence-electron chi connectivity index (χ4n) is 4.05. The second kappa shape index (κ2) is 8.82. The largest absolute Gasteiger partial charge is 0.468 e. The highest BCUT2D eigenvalue weighted by atomic mass is 16.8. The minimum atomic E-state index is -1.73. The number of rotatable bonds is 5. The van der Waals surface area contributed by atoms with E-state index in [2.05, 4.69) is 0 Å². The highest BCUT2D eigenvalue weighted by Crippen LogP contribution is 2.51. The third kappa shape index (κ3) is 3.74. The van der Waals surface area contributed by atoms with Crippen LogP contribution in [0.2, 0.25) is 0 Å². The van der Waals surface area contributed by atoms with Gasteiger partial charge in [0.05, 0.1) is 32.5 Å². The van der Waals surface area contributed by atoms with E-state index in [0.29, 0.717) is 0 Å². The summed E-state index contributed by atoms with van der Waals surface area (Å²) in [5.74, 6) is -1.58. The molecule has 1 fully saturated rings. The summed E-state index contributed by atoms with van der Waals surface area (Å²) in [5.41, 5.74) is -1.39. The molecular weight excluding hydrogens is 420 g/mol. The summed E-state index contributed by atoms with van der Waals surface area (Å²) >= 11 is 0. The van der Waals surface area contributed by atoms with Gasteiger partial charge in [0.1, 0.15) is 36.1 Å². The smallest absolute Gasteiger partial charge is 0.341 e. The van der Waals surface area contributed by atoms with E-state index in [4.69, 9.17) is 23.7 Å². The first-order chi connectivity index (χ1) is 14.6. The molecule has 2 heterocycles. The number of esters is 2. The Morgan fingerprint density at radius 2 is 1.81 bits per heavy atom. The van der Waals surface area contributed by atoms with Gasteiger partial charge in [-0.3, -0.25) is 4.79 Å². The molecule has 8 unspecified atom stereocenters. The molecule has 0 amide bonds. The monoisotopic (exact) mass is 446 g/mol. The molecule has 3 aliphatic rings. The molecular formula is C19H26O12. The van der Waals surface area contributed by atoms with Crippen molar-refractivity contribution >= 4 is 11.9 Å². The molecule has 12 heteroatoms. The maximum absolute atomic E-state index is 12.6. The molecule has 0 aromatic heterocycles. The van der Waals surface area contributed by atoms with E-state index in [1.807, 2.05) is 0 Å². The van der Waals surface area contributed by atoms with E-state index in [9.17, 15) is 35.1 Å². The van der Waals surface area contributed by atoms with Crippen molar-refractivity contribution in [1.29, 1.82) is 0 Å². The van der Waals surface area contributed by atoms with Crippen molar-refractivity contribution in [2.75, 3.05) is 20.8 Å². The molecule has 1 saturated heterocycles. The Bertz CT molecular complexity index is 789. The number of carbonyl (C=O) groups is 2. The molecule has 0 aromatic rings. The van der Waals surface area contributed by atoms with E-state index in [-0.39, 0.29) is 23.1 Å². The highest BCUT2D eigenvalue weighted by Gasteiger charge is 2.57. The van der Waals surface area contributed by atoms with Crippen LogP contribution in [0, 0.1) is 5.41 Å². The van der Waals surface area contributed by atoms with E-state index < -0.39 is 67.1 Å². The lowest BCUT2D eigenvalue weighted by molar-refractivity contribution is -0.328. The quantitative estimate of drug-likeness (QED) is 0.279. The molecule has 0 radical (unpaired) electrons. The molecule has 0 spiro atoms. The van der Waals surface area contributed by atoms with Gasteiger partial charge in [-0.2, -0.15) is 0 Å². The van der Waals surface area contributed by atoms with Crippen molar-refractivity contribution < 1.29 is 58.8 Å². The number of hydrogen-bond acceptors (Lipinski definition) is 12. The topological polar surface area (TPSA) is 181 Å². The first kappa shape index (κ1) is 23.6. The van der Waals surface area contributed by atoms with Gasteiger partial charge in [0.2, 0.25) is 6.29 Å². The number of ether oxygens (including phenoxy) is 5. The van der Waals surface area contributed by atoms with Crippen LogP contribution in [0.4, 0.5) is 0 Å². The van der Waals surface area contributed by atoms with E-state index in [1.165, 1.54) is 6.92 Å². The summed E-state index contributed by atoms with van der Waals surface area (Å²) in [4.78, 5) is 24.8. The summed E-state index contributed by atoms with van der Waals surface area (Å²) in [5, 5.41) is 50.2. The average molecular weight is 446 g/mol. The van der Waals surface area contributed by atoms with Gasteiger partial charge in [-0.25, -0.2) is 4.79 Å². The second-order valence-corrected chi connectivity index (χ2v) is 7.63. The van der Waals surface area contributed by atoms with Gasteiger partial charge in [-0.1, -0.05) is 0 Å². The fraction of sp³-hybridized carbons (Fsp3) is 0.684. The number of aliphatic hydroxyl groups excluding tert-OH is 5. The molecule has 5 N–H and O–H groups in total. The number of hydrogen-bond donors (Lipinski definition) is 5. The minimum Gasteiger partial charge on any atom is -0.468 e. The standard InChI is InChI=1S/C19H26O12/c1-19(18(26)28-3)10(21)4-7-8(15(25)27-2)6-29-16(11(7)19)31-17-14(24)13(23)12(22)9(5-20)30-17/h6,9-10,12-14,16-17,20-24H,4-5H2,1-3H3. The van der Waals surface area contributed by atoms with Gasteiger partial charge < -0.3 is 49.2 Å². The van der Waals surface area contributed by atoms with Crippen molar-refractivity contribution in [1.82, 2.24) is 0 Å². The van der Waals surface area contributed by atoms with Crippen LogP contribution < -0.4 is 0 Å². The zero-order valence-electron chi connectivity index (χ0n) is 17.1. The number of methoxy groups -OCH3 is 2. The zero-order valence-corrected chi connectivity index (χ0v) is 17.1. The SMILES string of the molecule is COC(=O)C1=COC(OC2OC(CO)C(O)C(O)C2O)C2=C1CC(O)C2(C)C(=O)OC. The first-order valence-corrected chi connectivity index (χ1v) is 9.52. The van der Waals surface area contributed by atoms with Crippen LogP contribution in [0.1, 0.15) is 13.3 Å². The highest BCUT2D eigenvalue weighted by molar-refractivity contribution is 5.95. The third-order valence-electron chi connectivity index (χ3n) is 5.94. The Hall–Kier alpha value is -2.06. The molecule has 3 rings (SSSR count). The van der Waals surface area contributed by atoms with Gasteiger partial charge in [-0.05, 0) is 12.5 Å². The molecule has 12 nitrogen and oxygen atoms in total. The summed E-state index contributed by atoms with van der Waals surface area (Å²) in [6.07, 6.45) is -9.64. The molecule has 8 atom stereocenters. The predicted molar refractivity (Wildman–Crippen MR) is 97.6 cm³/mol. The van der Waals surface area contributed by atoms with Crippen LogP contribution in [0.3, 0.4) is 0 Å². The maximum Gasteiger partial charge on any atom is 0.341 e. The molecule has 0 bridgehead atoms. The van der Waals surface area contributed by atoms with Gasteiger partial charge in [0.15, 0.2) is 6.29 Å². The van der Waals surface area contributed by atoms with Gasteiger partial charge in [-0.15, -0.1) is 0 Å². The molecule has 0 aromatic carbocycles. The molecule has 2 aliphatic heterocycles. The van der Waals surface area contributed by atoms with Crippen LogP contribution in [0.15, 0.2) is 23.0 Å². The summed E-state index contributed by atoms with van der Waals surface area (Å²) < 4.78 is 26.0. The lowest BCUT2D eigenvalue weighted by Gasteiger charge is -2.42. The second-order valence-electron chi connectivity index (χ2n) is 7.63. The Balaban J connectivity index is 1.99. The molecule has 0 saturated carbocycles. The zero-order chi connectivity index (χ0) is 23.1. The van der Waals surface area contributed by atoms with E-state index >= 15 is 0 Å². The van der Waals surface area contributed by atoms with Crippen molar-refractivity contribution in [2.45, 2.75) is 56.4 Å². The van der Waals surface area contributed by atoms with Crippen molar-refractivity contribution in [3.63, 3.8) is 0 Å². The van der Waals surface area contributed by atoms with Crippen LogP contribution in [-0.4, -0.2) is 101 Å². The normalized spacial score (nSPS) is 40.0. The first-order valence-electron chi connectivity index (χ1n) is 9.52. The van der Waals surface area contributed by atoms with Crippen LogP contribution in [0.5, 0.6) is 0 Å². The summed E-state index contributed by atoms with van der Waals surface area (Å²) in [6, 6.07) is 0. The van der Waals surface area contributed by atoms with Crippen molar-refractivity contribution in [3.8, 4) is 0 Å². The van der Waals surface area contributed by atoms with Gasteiger partial charge >= 0.3 is 11.9 Å². The Morgan fingerprint density at radius 1 is 1.13 bits per heavy atom. The van der Waals surface area contributed by atoms with E-state index in [1.54, 1.807) is 0 Å². The Labute approximate surface area is 177 Å². The maximum atomic E-state index is 12.6. The third-order valence-corrected chi connectivity index (χ3v) is 5.94. The lowest BCUT2D eigenvalue weighted by atomic mass is 9.80. The van der Waals surface area contributed by atoms with Gasteiger partial charge in [0.25, 0.3) is 0 Å². The van der Waals surface area contributed by atoms with E-state index in [0.717, 1.165) is 20.5 Å².